The first-order valence-corrected chi connectivity index (χ1v) is 10.5. The molecule has 5 heteroatoms. The maximum Gasteiger partial charge on any atom is 0.294 e. The van der Waals surface area contributed by atoms with E-state index in [9.17, 15) is 13.0 Å². The van der Waals surface area contributed by atoms with Crippen molar-refractivity contribution in [2.24, 2.45) is 5.92 Å². The highest BCUT2D eigenvalue weighted by Gasteiger charge is 2.38. The van der Waals surface area contributed by atoms with Crippen LogP contribution in [-0.2, 0) is 10.1 Å². The van der Waals surface area contributed by atoms with Crippen LogP contribution in [0.4, 0.5) is 5.69 Å². The molecule has 0 saturated carbocycles. The molecule has 0 fully saturated rings. The summed E-state index contributed by atoms with van der Waals surface area (Å²) < 4.78 is 32.5. The number of nitrogens with one attached hydrogen (secondary N) is 1. The van der Waals surface area contributed by atoms with Crippen molar-refractivity contribution < 1.29 is 13.0 Å². The van der Waals surface area contributed by atoms with Crippen molar-refractivity contribution in [3.8, 4) is 0 Å². The molecule has 2 aliphatic rings. The summed E-state index contributed by atoms with van der Waals surface area (Å²) in [6.45, 7) is 0. The second kappa shape index (κ2) is 5.94. The fourth-order valence-electron chi connectivity index (χ4n) is 4.56. The lowest BCUT2D eigenvalue weighted by molar-refractivity contribution is 0.426. The summed E-state index contributed by atoms with van der Waals surface area (Å²) in [4.78, 5) is -0.0503. The number of rotatable bonds is 2. The molecule has 3 aromatic carbocycles. The maximum atomic E-state index is 11.6. The van der Waals surface area contributed by atoms with Crippen molar-refractivity contribution in [1.29, 1.82) is 0 Å². The van der Waals surface area contributed by atoms with E-state index in [1.165, 1.54) is 22.4 Å². The summed E-state index contributed by atoms with van der Waals surface area (Å²) in [5.74, 6) is 0.437. The predicted molar refractivity (Wildman–Crippen MR) is 107 cm³/mol. The Morgan fingerprint density at radius 1 is 0.963 bits per heavy atom. The number of benzene rings is 3. The zero-order valence-corrected chi connectivity index (χ0v) is 15.4. The van der Waals surface area contributed by atoms with Gasteiger partial charge in [-0.2, -0.15) is 8.42 Å². The fraction of sp³-hybridized carbons (Fsp3) is 0.182. The molecule has 1 aliphatic heterocycles. The summed E-state index contributed by atoms with van der Waals surface area (Å²) in [7, 11) is -4.21. The van der Waals surface area contributed by atoms with Crippen LogP contribution in [0.3, 0.4) is 0 Å². The minimum Gasteiger partial charge on any atom is -0.378 e. The molecule has 0 radical (unpaired) electrons. The Morgan fingerprint density at radius 2 is 1.78 bits per heavy atom. The molecule has 0 spiro atoms. The van der Waals surface area contributed by atoms with E-state index >= 15 is 0 Å². The third-order valence-electron chi connectivity index (χ3n) is 5.79. The average Bonchev–Trinajstić information content (AvgIpc) is 3.16. The Morgan fingerprint density at radius 3 is 2.63 bits per heavy atom. The summed E-state index contributed by atoms with van der Waals surface area (Å²) in [5.41, 5.74) is 3.12. The molecule has 1 aliphatic carbocycles. The van der Waals surface area contributed by atoms with Gasteiger partial charge in [-0.25, -0.2) is 0 Å². The molecule has 0 saturated heterocycles. The molecule has 1 heterocycles. The van der Waals surface area contributed by atoms with Crippen LogP contribution >= 0.6 is 0 Å². The normalized spacial score (nSPS) is 23.7. The van der Waals surface area contributed by atoms with Gasteiger partial charge in [0.2, 0.25) is 0 Å². The van der Waals surface area contributed by atoms with Gasteiger partial charge in [0.1, 0.15) is 0 Å². The molecule has 2 N–H and O–H groups in total. The van der Waals surface area contributed by atoms with Gasteiger partial charge in [-0.1, -0.05) is 54.6 Å². The van der Waals surface area contributed by atoms with Crippen molar-refractivity contribution in [1.82, 2.24) is 0 Å². The van der Waals surface area contributed by atoms with Crippen LogP contribution in [0.25, 0.3) is 10.8 Å². The zero-order valence-electron chi connectivity index (χ0n) is 14.5. The molecule has 0 amide bonds. The Hall–Kier alpha value is -2.63. The van der Waals surface area contributed by atoms with Gasteiger partial charge in [0, 0.05) is 11.6 Å². The largest absolute Gasteiger partial charge is 0.378 e. The number of anilines is 1. The number of hydrogen-bond donors (Lipinski definition) is 2. The van der Waals surface area contributed by atoms with Crippen LogP contribution in [0, 0.1) is 5.92 Å². The Labute approximate surface area is 158 Å². The minimum atomic E-state index is -4.21. The lowest BCUT2D eigenvalue weighted by Gasteiger charge is -2.38. The van der Waals surface area contributed by atoms with Gasteiger partial charge in [-0.15, -0.1) is 0 Å². The van der Waals surface area contributed by atoms with Crippen molar-refractivity contribution in [2.75, 3.05) is 5.32 Å². The highest BCUT2D eigenvalue weighted by Crippen LogP contribution is 2.51. The first kappa shape index (κ1) is 16.5. The van der Waals surface area contributed by atoms with Gasteiger partial charge in [0.15, 0.2) is 0 Å². The molecule has 27 heavy (non-hydrogen) atoms. The van der Waals surface area contributed by atoms with E-state index in [1.807, 2.05) is 6.07 Å². The second-order valence-electron chi connectivity index (χ2n) is 7.27. The van der Waals surface area contributed by atoms with Crippen molar-refractivity contribution >= 4 is 26.6 Å². The Kier molecular flexibility index (Phi) is 3.64. The summed E-state index contributed by atoms with van der Waals surface area (Å²) in [6, 6.07) is 19.7. The third-order valence-corrected chi connectivity index (χ3v) is 6.64. The fourth-order valence-corrected chi connectivity index (χ4v) is 5.08. The van der Waals surface area contributed by atoms with E-state index in [4.69, 9.17) is 0 Å². The van der Waals surface area contributed by atoms with E-state index in [1.54, 1.807) is 12.1 Å². The quantitative estimate of drug-likeness (QED) is 0.492. The van der Waals surface area contributed by atoms with Gasteiger partial charge in [-0.3, -0.25) is 4.55 Å². The van der Waals surface area contributed by atoms with Crippen LogP contribution in [0.1, 0.15) is 29.5 Å². The molecule has 136 valence electrons. The lowest BCUT2D eigenvalue weighted by atomic mass is 9.76. The maximum absolute atomic E-state index is 11.6. The lowest BCUT2D eigenvalue weighted by Crippen LogP contribution is -2.29. The summed E-state index contributed by atoms with van der Waals surface area (Å²) in [6.07, 6.45) is 5.27. The van der Waals surface area contributed by atoms with Crippen LogP contribution in [0.2, 0.25) is 0 Å². The molecule has 0 bridgehead atoms. The van der Waals surface area contributed by atoms with Crippen LogP contribution < -0.4 is 5.32 Å². The Balaban J connectivity index is 1.66. The molecule has 5 rings (SSSR count). The molecular weight excluding hydrogens is 358 g/mol. The van der Waals surface area contributed by atoms with Crippen molar-refractivity contribution in [2.45, 2.75) is 23.3 Å². The van der Waals surface area contributed by atoms with E-state index in [0.29, 0.717) is 5.92 Å². The Bertz CT molecular complexity index is 1180. The SMILES string of the molecule is O=S(=O)(O)c1ccc2c(c1)C1C=CCC1C(c1cccc3ccccc13)N2. The van der Waals surface area contributed by atoms with Gasteiger partial charge in [0.25, 0.3) is 10.1 Å². The van der Waals surface area contributed by atoms with E-state index in [-0.39, 0.29) is 16.9 Å². The molecule has 0 aromatic heterocycles. The van der Waals surface area contributed by atoms with Crippen molar-refractivity contribution in [3.05, 3.63) is 83.9 Å². The van der Waals surface area contributed by atoms with E-state index in [0.717, 1.165) is 17.7 Å². The topological polar surface area (TPSA) is 66.4 Å². The highest BCUT2D eigenvalue weighted by atomic mass is 32.2. The van der Waals surface area contributed by atoms with Crippen LogP contribution in [0.15, 0.2) is 77.7 Å². The monoisotopic (exact) mass is 377 g/mol. The predicted octanol–water partition coefficient (Wildman–Crippen LogP) is 4.91. The molecule has 3 atom stereocenters. The van der Waals surface area contributed by atoms with Crippen molar-refractivity contribution in [3.63, 3.8) is 0 Å². The second-order valence-corrected chi connectivity index (χ2v) is 8.69. The molecule has 3 aromatic rings. The average molecular weight is 377 g/mol. The zero-order chi connectivity index (χ0) is 18.6. The number of fused-ring (bicyclic) bond motifs is 4. The minimum absolute atomic E-state index is 0.0503. The third kappa shape index (κ3) is 2.66. The van der Waals surface area contributed by atoms with Gasteiger partial charge in [0.05, 0.1) is 10.9 Å². The summed E-state index contributed by atoms with van der Waals surface area (Å²) >= 11 is 0. The first-order valence-electron chi connectivity index (χ1n) is 9.05. The number of hydrogen-bond acceptors (Lipinski definition) is 3. The first-order chi connectivity index (χ1) is 13.0. The van der Waals surface area contributed by atoms with Gasteiger partial charge < -0.3 is 5.32 Å². The van der Waals surface area contributed by atoms with Crippen LogP contribution in [-0.4, -0.2) is 13.0 Å². The van der Waals surface area contributed by atoms with Gasteiger partial charge in [-0.05, 0) is 52.4 Å². The summed E-state index contributed by atoms with van der Waals surface area (Å²) in [5, 5.41) is 6.09. The smallest absolute Gasteiger partial charge is 0.294 e. The van der Waals surface area contributed by atoms with E-state index in [2.05, 4.69) is 53.9 Å². The van der Waals surface area contributed by atoms with Gasteiger partial charge >= 0.3 is 0 Å². The highest BCUT2D eigenvalue weighted by molar-refractivity contribution is 7.85. The van der Waals surface area contributed by atoms with E-state index < -0.39 is 10.1 Å². The molecular formula is C22H19NO3S. The van der Waals surface area contributed by atoms with Crippen LogP contribution in [0.5, 0.6) is 0 Å². The molecule has 3 unspecified atom stereocenters. The molecule has 4 nitrogen and oxygen atoms in total. The standard InChI is InChI=1S/C22H19NO3S/c24-27(25,26)15-11-12-21-20(13-15)17-8-4-10-19(17)22(23-21)18-9-3-6-14-5-1-2-7-16(14)18/h1-9,11-13,17,19,22-23H,10H2,(H,24,25,26). The number of allylic oxidation sites excluding steroid dienone is 2.